The normalized spacial score (nSPS) is 12.2. The Morgan fingerprint density at radius 3 is 2.84 bits per heavy atom. The third kappa shape index (κ3) is 3.46. The van der Waals surface area contributed by atoms with E-state index in [1.165, 1.54) is 0 Å². The fraction of sp³-hybridized carbons (Fsp3) is 0.267. The molecule has 1 heterocycles. The quantitative estimate of drug-likeness (QED) is 0.927. The Kier molecular flexibility index (Phi) is 4.40. The van der Waals surface area contributed by atoms with Crippen molar-refractivity contribution in [2.75, 3.05) is 0 Å². The van der Waals surface area contributed by atoms with Crippen LogP contribution < -0.4 is 4.74 Å². The molecule has 0 aliphatic rings. The number of rotatable bonds is 4. The lowest BCUT2D eigenvalue weighted by atomic mass is 10.1. The monoisotopic (exact) mass is 277 g/mol. The maximum atomic E-state index is 9.73. The predicted octanol–water partition coefficient (Wildman–Crippen LogP) is 3.68. The van der Waals surface area contributed by atoms with Gasteiger partial charge in [-0.05, 0) is 31.5 Å². The molecule has 1 aromatic carbocycles. The first-order valence-corrected chi connectivity index (χ1v) is 6.45. The van der Waals surface area contributed by atoms with Gasteiger partial charge in [0.15, 0.2) is 0 Å². The Morgan fingerprint density at radius 1 is 1.37 bits per heavy atom. The van der Waals surface area contributed by atoms with Gasteiger partial charge in [0.25, 0.3) is 0 Å². The van der Waals surface area contributed by atoms with Crippen LogP contribution in [0.4, 0.5) is 0 Å². The highest BCUT2D eigenvalue weighted by atomic mass is 35.5. The zero-order valence-electron chi connectivity index (χ0n) is 10.9. The number of nitrogens with zero attached hydrogens (tertiary/aromatic N) is 1. The minimum Gasteiger partial charge on any atom is -0.488 e. The first-order chi connectivity index (χ1) is 9.08. The molecule has 1 N–H and O–H groups in total. The molecule has 4 heteroatoms. The smallest absolute Gasteiger partial charge is 0.125 e. The van der Waals surface area contributed by atoms with Crippen molar-refractivity contribution in [3.8, 4) is 5.75 Å². The molecule has 0 bridgehead atoms. The number of aliphatic hydroxyl groups excluding tert-OH is 1. The van der Waals surface area contributed by atoms with Crippen LogP contribution in [-0.2, 0) is 6.61 Å². The van der Waals surface area contributed by atoms with Crippen molar-refractivity contribution in [3.05, 3.63) is 58.4 Å². The maximum absolute atomic E-state index is 9.73. The third-order valence-corrected chi connectivity index (χ3v) is 3.20. The van der Waals surface area contributed by atoms with E-state index in [-0.39, 0.29) is 0 Å². The van der Waals surface area contributed by atoms with Crippen molar-refractivity contribution in [1.82, 2.24) is 4.98 Å². The molecular formula is C15H16ClNO2. The van der Waals surface area contributed by atoms with Crippen LogP contribution in [-0.4, -0.2) is 10.1 Å². The molecule has 19 heavy (non-hydrogen) atoms. The maximum Gasteiger partial charge on any atom is 0.125 e. The van der Waals surface area contributed by atoms with Gasteiger partial charge >= 0.3 is 0 Å². The minimum atomic E-state index is -0.566. The lowest BCUT2D eigenvalue weighted by Gasteiger charge is -2.14. The number of halogens is 1. The third-order valence-electron chi connectivity index (χ3n) is 2.86. The first-order valence-electron chi connectivity index (χ1n) is 6.07. The Morgan fingerprint density at radius 2 is 2.16 bits per heavy atom. The Bertz CT molecular complexity index is 570. The standard InChI is InChI=1S/C15H16ClNO2/c1-10-3-4-13(11(2)18)15(7-10)19-9-12-5-6-17-8-14(12)16/h3-8,11,18H,9H2,1-2H3/t11-/m1/s1. The number of hydrogen-bond donors (Lipinski definition) is 1. The van der Waals surface area contributed by atoms with E-state index >= 15 is 0 Å². The largest absolute Gasteiger partial charge is 0.488 e. The van der Waals surface area contributed by atoms with Gasteiger partial charge < -0.3 is 9.84 Å². The van der Waals surface area contributed by atoms with Crippen molar-refractivity contribution >= 4 is 11.6 Å². The molecule has 0 fully saturated rings. The van der Waals surface area contributed by atoms with Crippen LogP contribution in [0.5, 0.6) is 5.75 Å². The SMILES string of the molecule is Cc1ccc([C@@H](C)O)c(OCc2ccncc2Cl)c1. The molecule has 0 saturated carbocycles. The Hall–Kier alpha value is -1.58. The van der Waals surface area contributed by atoms with Gasteiger partial charge in [-0.1, -0.05) is 23.7 Å². The molecule has 1 atom stereocenters. The van der Waals surface area contributed by atoms with Crippen LogP contribution in [0.2, 0.25) is 5.02 Å². The van der Waals surface area contributed by atoms with Crippen molar-refractivity contribution in [2.45, 2.75) is 26.6 Å². The molecule has 0 aliphatic heterocycles. The number of pyridine rings is 1. The summed E-state index contributed by atoms with van der Waals surface area (Å²) >= 11 is 6.03. The van der Waals surface area contributed by atoms with Gasteiger partial charge in [-0.2, -0.15) is 0 Å². The number of aliphatic hydroxyl groups is 1. The van der Waals surface area contributed by atoms with Gasteiger partial charge in [0.2, 0.25) is 0 Å². The highest BCUT2D eigenvalue weighted by Crippen LogP contribution is 2.27. The van der Waals surface area contributed by atoms with Gasteiger partial charge in [-0.25, -0.2) is 0 Å². The number of ether oxygens (including phenoxy) is 1. The number of benzene rings is 1. The van der Waals surface area contributed by atoms with E-state index in [1.54, 1.807) is 19.3 Å². The Balaban J connectivity index is 2.19. The minimum absolute atomic E-state index is 0.352. The van der Waals surface area contributed by atoms with E-state index in [2.05, 4.69) is 4.98 Å². The average molecular weight is 278 g/mol. The molecule has 0 saturated heterocycles. The molecule has 0 aliphatic carbocycles. The van der Waals surface area contributed by atoms with Crippen molar-refractivity contribution in [2.24, 2.45) is 0 Å². The average Bonchev–Trinajstić information content (AvgIpc) is 2.37. The second kappa shape index (κ2) is 6.04. The molecule has 3 nitrogen and oxygen atoms in total. The zero-order valence-corrected chi connectivity index (χ0v) is 11.7. The molecule has 0 amide bonds. The van der Waals surface area contributed by atoms with E-state index in [4.69, 9.17) is 16.3 Å². The fourth-order valence-electron chi connectivity index (χ4n) is 1.79. The van der Waals surface area contributed by atoms with E-state index in [0.717, 1.165) is 16.7 Å². The molecule has 0 spiro atoms. The van der Waals surface area contributed by atoms with E-state index in [1.807, 2.05) is 31.2 Å². The summed E-state index contributed by atoms with van der Waals surface area (Å²) in [6.07, 6.45) is 2.70. The highest BCUT2D eigenvalue weighted by Gasteiger charge is 2.10. The van der Waals surface area contributed by atoms with Crippen LogP contribution in [0.3, 0.4) is 0 Å². The summed E-state index contributed by atoms with van der Waals surface area (Å²) in [5, 5.41) is 10.3. The number of hydrogen-bond acceptors (Lipinski definition) is 3. The fourth-order valence-corrected chi connectivity index (χ4v) is 1.96. The summed E-state index contributed by atoms with van der Waals surface area (Å²) in [4.78, 5) is 3.93. The molecule has 1 aromatic heterocycles. The molecule has 2 aromatic rings. The van der Waals surface area contributed by atoms with Crippen molar-refractivity contribution < 1.29 is 9.84 Å². The predicted molar refractivity (Wildman–Crippen MR) is 75.4 cm³/mol. The lowest BCUT2D eigenvalue weighted by molar-refractivity contribution is 0.190. The lowest BCUT2D eigenvalue weighted by Crippen LogP contribution is -2.02. The van der Waals surface area contributed by atoms with Crippen LogP contribution in [0, 0.1) is 6.92 Å². The van der Waals surface area contributed by atoms with Gasteiger partial charge in [-0.3, -0.25) is 4.98 Å². The van der Waals surface area contributed by atoms with Crippen LogP contribution in [0.15, 0.2) is 36.7 Å². The molecule has 100 valence electrons. The van der Waals surface area contributed by atoms with Crippen LogP contribution in [0.25, 0.3) is 0 Å². The summed E-state index contributed by atoms with van der Waals surface area (Å²) in [5.41, 5.74) is 2.73. The molecule has 0 unspecified atom stereocenters. The number of aromatic nitrogens is 1. The van der Waals surface area contributed by atoms with E-state index in [0.29, 0.717) is 17.4 Å². The van der Waals surface area contributed by atoms with E-state index < -0.39 is 6.10 Å². The van der Waals surface area contributed by atoms with Gasteiger partial charge in [0.1, 0.15) is 12.4 Å². The highest BCUT2D eigenvalue weighted by molar-refractivity contribution is 6.31. The van der Waals surface area contributed by atoms with Crippen molar-refractivity contribution in [3.63, 3.8) is 0 Å². The second-order valence-electron chi connectivity index (χ2n) is 4.47. The van der Waals surface area contributed by atoms with Gasteiger partial charge in [0, 0.05) is 23.5 Å². The topological polar surface area (TPSA) is 42.4 Å². The molecule has 0 radical (unpaired) electrons. The van der Waals surface area contributed by atoms with Crippen LogP contribution >= 0.6 is 11.6 Å². The molecule has 2 rings (SSSR count). The zero-order chi connectivity index (χ0) is 13.8. The van der Waals surface area contributed by atoms with Gasteiger partial charge in [0.05, 0.1) is 11.1 Å². The summed E-state index contributed by atoms with van der Waals surface area (Å²) in [6, 6.07) is 7.56. The summed E-state index contributed by atoms with van der Waals surface area (Å²) in [6.45, 7) is 4.06. The summed E-state index contributed by atoms with van der Waals surface area (Å²) in [5.74, 6) is 0.683. The first kappa shape index (κ1) is 13.8. The van der Waals surface area contributed by atoms with Crippen LogP contribution in [0.1, 0.15) is 29.7 Å². The summed E-state index contributed by atoms with van der Waals surface area (Å²) in [7, 11) is 0. The second-order valence-corrected chi connectivity index (χ2v) is 4.88. The number of aryl methyl sites for hydroxylation is 1. The Labute approximate surface area is 117 Å². The van der Waals surface area contributed by atoms with Gasteiger partial charge in [-0.15, -0.1) is 0 Å². The molecular weight excluding hydrogens is 262 g/mol. The summed E-state index contributed by atoms with van der Waals surface area (Å²) < 4.78 is 5.77. The van der Waals surface area contributed by atoms with Crippen molar-refractivity contribution in [1.29, 1.82) is 0 Å². The van der Waals surface area contributed by atoms with E-state index in [9.17, 15) is 5.11 Å².